The fourth-order valence-electron chi connectivity index (χ4n) is 3.05. The summed E-state index contributed by atoms with van der Waals surface area (Å²) in [5, 5.41) is 1.11. The van der Waals surface area contributed by atoms with E-state index in [9.17, 15) is 0 Å². The number of hydrogen-bond donors (Lipinski definition) is 0. The van der Waals surface area contributed by atoms with E-state index in [1.165, 1.54) is 12.0 Å². The van der Waals surface area contributed by atoms with Crippen LogP contribution in [0.25, 0.3) is 0 Å². The monoisotopic (exact) mass is 200 g/mol. The van der Waals surface area contributed by atoms with Gasteiger partial charge in [0.15, 0.2) is 0 Å². The second kappa shape index (κ2) is 3.65. The van der Waals surface area contributed by atoms with Crippen LogP contribution in [0.1, 0.15) is 47.5 Å². The van der Waals surface area contributed by atoms with E-state index >= 15 is 0 Å². The predicted molar refractivity (Wildman–Crippen MR) is 59.9 cm³/mol. The molecule has 76 valence electrons. The van der Waals surface area contributed by atoms with Crippen molar-refractivity contribution < 1.29 is 0 Å². The number of rotatable bonds is 2. The molecule has 0 aromatic heterocycles. The molecule has 0 aromatic carbocycles. The van der Waals surface area contributed by atoms with Crippen LogP contribution in [0.2, 0.25) is 0 Å². The van der Waals surface area contributed by atoms with E-state index in [2.05, 4.69) is 34.6 Å². The Labute approximate surface area is 87.4 Å². The number of allylic oxidation sites excluding steroid dienone is 2. The maximum Gasteiger partial charge on any atom is 0.0176 e. The first-order chi connectivity index (χ1) is 5.93. The van der Waals surface area contributed by atoms with Crippen molar-refractivity contribution >= 4 is 11.6 Å². The van der Waals surface area contributed by atoms with Crippen LogP contribution in [0, 0.1) is 17.3 Å². The van der Waals surface area contributed by atoms with E-state index in [4.69, 9.17) is 11.6 Å². The molecule has 0 aromatic rings. The summed E-state index contributed by atoms with van der Waals surface area (Å²) in [6.45, 7) is 11.5. The van der Waals surface area contributed by atoms with E-state index in [1.807, 2.05) is 0 Å². The Morgan fingerprint density at radius 1 is 1.15 bits per heavy atom. The highest BCUT2D eigenvalue weighted by molar-refractivity contribution is 6.30. The highest BCUT2D eigenvalue weighted by atomic mass is 35.5. The molecule has 1 aliphatic carbocycles. The van der Waals surface area contributed by atoms with Gasteiger partial charge in [0.2, 0.25) is 0 Å². The molecule has 0 bridgehead atoms. The second-order valence-electron chi connectivity index (χ2n) is 4.88. The summed E-state index contributed by atoms with van der Waals surface area (Å²) in [5.74, 6) is 1.40. The van der Waals surface area contributed by atoms with Crippen LogP contribution in [0.4, 0.5) is 0 Å². The van der Waals surface area contributed by atoms with Crippen LogP contribution in [0.5, 0.6) is 0 Å². The molecule has 0 amide bonds. The minimum Gasteiger partial charge on any atom is -0.0892 e. The summed E-state index contributed by atoms with van der Waals surface area (Å²) in [6, 6.07) is 0. The summed E-state index contributed by atoms with van der Waals surface area (Å²) in [6.07, 6.45) is 2.33. The quantitative estimate of drug-likeness (QED) is 0.612. The van der Waals surface area contributed by atoms with E-state index in [1.54, 1.807) is 0 Å². The molecule has 1 heteroatoms. The zero-order chi connectivity index (χ0) is 10.2. The zero-order valence-electron chi connectivity index (χ0n) is 9.45. The van der Waals surface area contributed by atoms with E-state index < -0.39 is 0 Å². The molecule has 0 aliphatic heterocycles. The Kier molecular flexibility index (Phi) is 3.12. The third-order valence-corrected chi connectivity index (χ3v) is 4.40. The van der Waals surface area contributed by atoms with Gasteiger partial charge in [-0.1, -0.05) is 44.9 Å². The third-order valence-electron chi connectivity index (χ3n) is 3.92. The molecule has 0 nitrogen and oxygen atoms in total. The smallest absolute Gasteiger partial charge is 0.0176 e. The fraction of sp³-hybridized carbons (Fsp3) is 0.833. The van der Waals surface area contributed by atoms with Gasteiger partial charge >= 0.3 is 0 Å². The van der Waals surface area contributed by atoms with Gasteiger partial charge in [-0.05, 0) is 37.0 Å². The van der Waals surface area contributed by atoms with Crippen molar-refractivity contribution in [2.45, 2.75) is 47.5 Å². The lowest BCUT2D eigenvalue weighted by Gasteiger charge is -2.39. The van der Waals surface area contributed by atoms with Crippen molar-refractivity contribution in [3.05, 3.63) is 10.6 Å². The van der Waals surface area contributed by atoms with Crippen LogP contribution < -0.4 is 0 Å². The average molecular weight is 201 g/mol. The van der Waals surface area contributed by atoms with E-state index in [0.29, 0.717) is 17.3 Å². The third kappa shape index (κ3) is 1.54. The molecule has 1 rings (SSSR count). The molecular weight excluding hydrogens is 180 g/mol. The highest BCUT2D eigenvalue weighted by Crippen LogP contribution is 2.53. The van der Waals surface area contributed by atoms with Crippen molar-refractivity contribution in [1.82, 2.24) is 0 Å². The topological polar surface area (TPSA) is 0 Å². The van der Waals surface area contributed by atoms with Gasteiger partial charge in [0.1, 0.15) is 0 Å². The Morgan fingerprint density at radius 2 is 1.62 bits per heavy atom. The molecule has 0 saturated heterocycles. The summed E-state index contributed by atoms with van der Waals surface area (Å²) < 4.78 is 0. The van der Waals surface area contributed by atoms with Gasteiger partial charge in [-0.3, -0.25) is 0 Å². The summed E-state index contributed by atoms with van der Waals surface area (Å²) >= 11 is 6.21. The van der Waals surface area contributed by atoms with Crippen LogP contribution in [0.15, 0.2) is 10.6 Å². The first kappa shape index (κ1) is 11.1. The Balaban J connectivity index is 3.08. The molecule has 0 saturated carbocycles. The lowest BCUT2D eigenvalue weighted by molar-refractivity contribution is 0.161. The standard InChI is InChI=1S/C12H21Cl/c1-8(2)12(9(3)4)7-6-11(13)10(12)5/h8-9H,6-7H2,1-5H3. The molecule has 0 heterocycles. The molecular formula is C12H21Cl. The van der Waals surface area contributed by atoms with Gasteiger partial charge in [0.25, 0.3) is 0 Å². The van der Waals surface area contributed by atoms with Crippen LogP contribution in [0.3, 0.4) is 0 Å². The lowest BCUT2D eigenvalue weighted by Crippen LogP contribution is -2.31. The fourth-order valence-corrected chi connectivity index (χ4v) is 3.32. The molecule has 0 N–H and O–H groups in total. The van der Waals surface area contributed by atoms with Crippen LogP contribution in [-0.2, 0) is 0 Å². The van der Waals surface area contributed by atoms with Crippen LogP contribution in [-0.4, -0.2) is 0 Å². The SMILES string of the molecule is CC1=C(Cl)CCC1(C(C)C)C(C)C. The predicted octanol–water partition coefficient (Wildman–Crippen LogP) is 4.59. The molecule has 1 aliphatic rings. The number of halogens is 1. The van der Waals surface area contributed by atoms with Gasteiger partial charge in [-0.2, -0.15) is 0 Å². The summed E-state index contributed by atoms with van der Waals surface area (Å²) in [4.78, 5) is 0. The van der Waals surface area contributed by atoms with E-state index in [0.717, 1.165) is 11.5 Å². The number of hydrogen-bond acceptors (Lipinski definition) is 0. The lowest BCUT2D eigenvalue weighted by atomic mass is 9.65. The maximum atomic E-state index is 6.21. The van der Waals surface area contributed by atoms with Gasteiger partial charge in [0, 0.05) is 5.03 Å². The van der Waals surface area contributed by atoms with Gasteiger partial charge in [-0.25, -0.2) is 0 Å². The molecule has 0 spiro atoms. The first-order valence-corrected chi connectivity index (χ1v) is 5.66. The first-order valence-electron chi connectivity index (χ1n) is 5.28. The average Bonchev–Trinajstić information content (AvgIpc) is 2.30. The highest BCUT2D eigenvalue weighted by Gasteiger charge is 2.42. The van der Waals surface area contributed by atoms with Gasteiger partial charge in [-0.15, -0.1) is 0 Å². The van der Waals surface area contributed by atoms with E-state index in [-0.39, 0.29) is 0 Å². The van der Waals surface area contributed by atoms with Gasteiger partial charge < -0.3 is 0 Å². The van der Waals surface area contributed by atoms with Gasteiger partial charge in [0.05, 0.1) is 0 Å². The Morgan fingerprint density at radius 3 is 1.77 bits per heavy atom. The summed E-state index contributed by atoms with van der Waals surface area (Å²) in [7, 11) is 0. The minimum absolute atomic E-state index is 0.372. The molecule has 0 radical (unpaired) electrons. The largest absolute Gasteiger partial charge is 0.0892 e. The minimum atomic E-state index is 0.372. The van der Waals surface area contributed by atoms with Crippen LogP contribution >= 0.6 is 11.6 Å². The summed E-state index contributed by atoms with van der Waals surface area (Å²) in [5.41, 5.74) is 1.82. The van der Waals surface area contributed by atoms with Crippen molar-refractivity contribution in [2.24, 2.45) is 17.3 Å². The Hall–Kier alpha value is 0.0300. The molecule has 0 fully saturated rings. The zero-order valence-corrected chi connectivity index (χ0v) is 10.2. The van der Waals surface area contributed by atoms with Crippen molar-refractivity contribution in [3.8, 4) is 0 Å². The molecule has 0 atom stereocenters. The maximum absolute atomic E-state index is 6.21. The van der Waals surface area contributed by atoms with Crippen molar-refractivity contribution in [3.63, 3.8) is 0 Å². The second-order valence-corrected chi connectivity index (χ2v) is 5.34. The normalized spacial score (nSPS) is 22.2. The Bertz CT molecular complexity index is 215. The van der Waals surface area contributed by atoms with Crippen molar-refractivity contribution in [1.29, 1.82) is 0 Å². The molecule has 0 unspecified atom stereocenters. The molecule has 13 heavy (non-hydrogen) atoms. The van der Waals surface area contributed by atoms with Crippen molar-refractivity contribution in [2.75, 3.05) is 0 Å².